The van der Waals surface area contributed by atoms with E-state index in [9.17, 15) is 22.4 Å². The minimum atomic E-state index is -2.88. The van der Waals surface area contributed by atoms with Crippen molar-refractivity contribution in [3.63, 3.8) is 0 Å². The Morgan fingerprint density at radius 3 is 2.83 bits per heavy atom. The first-order valence-corrected chi connectivity index (χ1v) is 9.75. The Labute approximate surface area is 174 Å². The van der Waals surface area contributed by atoms with Gasteiger partial charge in [-0.05, 0) is 31.0 Å². The quantitative estimate of drug-likeness (QED) is 0.522. The minimum absolute atomic E-state index is 0.187. The zero-order chi connectivity index (χ0) is 21.9. The van der Waals surface area contributed by atoms with Crippen molar-refractivity contribution in [1.82, 2.24) is 9.97 Å². The number of hydrogen-bond acceptors (Lipinski definition) is 7. The fraction of sp³-hybridized carbons (Fsp3) is 0.368. The van der Waals surface area contributed by atoms with Crippen LogP contribution in [-0.4, -0.2) is 39.4 Å². The van der Waals surface area contributed by atoms with Gasteiger partial charge in [0.05, 0.1) is 18.5 Å². The summed E-state index contributed by atoms with van der Waals surface area (Å²) in [6.45, 7) is -1.34. The Bertz CT molecular complexity index is 975. The average Bonchev–Trinajstić information content (AvgIpc) is 2.66. The predicted molar refractivity (Wildman–Crippen MR) is 103 cm³/mol. The van der Waals surface area contributed by atoms with Crippen molar-refractivity contribution in [2.75, 3.05) is 6.61 Å². The van der Waals surface area contributed by atoms with Gasteiger partial charge in [-0.15, -0.1) is 0 Å². The molecular formula is C19H18F4N4O2S. The van der Waals surface area contributed by atoms with Crippen LogP contribution in [0.15, 0.2) is 35.6 Å². The van der Waals surface area contributed by atoms with E-state index in [-0.39, 0.29) is 23.4 Å². The molecule has 0 spiro atoms. The number of hydrogen-bond donors (Lipinski definition) is 1. The number of nitrogens with two attached hydrogens (primary N) is 1. The number of rotatable bonds is 7. The maximum atomic E-state index is 13.8. The van der Waals surface area contributed by atoms with Crippen LogP contribution in [0.3, 0.4) is 0 Å². The monoisotopic (exact) mass is 442 g/mol. The number of ketones is 1. The fourth-order valence-corrected chi connectivity index (χ4v) is 4.32. The summed E-state index contributed by atoms with van der Waals surface area (Å²) >= 11 is 1.15. The predicted octanol–water partition coefficient (Wildman–Crippen LogP) is 3.45. The molecule has 0 saturated carbocycles. The number of ether oxygens (including phenoxy) is 1. The molecule has 3 rings (SSSR count). The molecule has 160 valence electrons. The van der Waals surface area contributed by atoms with Crippen LogP contribution in [0.4, 0.5) is 17.6 Å². The Kier molecular flexibility index (Phi) is 6.71. The van der Waals surface area contributed by atoms with Gasteiger partial charge >= 0.3 is 6.61 Å². The lowest BCUT2D eigenvalue weighted by Crippen LogP contribution is -2.36. The number of aliphatic imine (C=N–C) groups is 1. The molecule has 0 amide bonds. The number of nitrogens with zero attached hydrogens (tertiary/aromatic N) is 3. The van der Waals surface area contributed by atoms with Gasteiger partial charge in [0, 0.05) is 23.9 Å². The van der Waals surface area contributed by atoms with E-state index in [0.29, 0.717) is 23.7 Å². The fourth-order valence-electron chi connectivity index (χ4n) is 3.17. The number of Topliss-reactive ketones (excluding diaryl/α,β-unsaturated/α-hetero) is 1. The first kappa shape index (κ1) is 22.2. The minimum Gasteiger partial charge on any atom is -0.379 e. The lowest BCUT2D eigenvalue weighted by atomic mass is 9.90. The van der Waals surface area contributed by atoms with E-state index in [1.165, 1.54) is 6.20 Å². The van der Waals surface area contributed by atoms with Crippen LogP contribution in [0.5, 0.6) is 0 Å². The zero-order valence-electron chi connectivity index (χ0n) is 15.8. The summed E-state index contributed by atoms with van der Waals surface area (Å²) in [6.07, 6.45) is 2.39. The molecule has 0 bridgehead atoms. The molecule has 2 aromatic rings. The Hall–Kier alpha value is -2.53. The van der Waals surface area contributed by atoms with E-state index in [0.717, 1.165) is 18.0 Å². The van der Waals surface area contributed by atoms with Crippen LogP contribution in [0.1, 0.15) is 35.1 Å². The van der Waals surface area contributed by atoms with Gasteiger partial charge in [0.2, 0.25) is 0 Å². The number of pyridine rings is 2. The maximum absolute atomic E-state index is 13.8. The summed E-state index contributed by atoms with van der Waals surface area (Å²) in [6, 6.07) is 3.80. The smallest absolute Gasteiger partial charge is 0.345 e. The number of carbonyl (C=O) groups excluding carboxylic acids is 1. The molecule has 2 N–H and O–H groups in total. The summed E-state index contributed by atoms with van der Waals surface area (Å²) in [7, 11) is 0. The Morgan fingerprint density at radius 1 is 1.37 bits per heavy atom. The van der Waals surface area contributed by atoms with Crippen molar-refractivity contribution in [3.05, 3.63) is 59.2 Å². The highest BCUT2D eigenvalue weighted by molar-refractivity contribution is 8.14. The molecule has 0 aliphatic carbocycles. The highest BCUT2D eigenvalue weighted by Crippen LogP contribution is 2.38. The standard InChI is InChI=1S/C19H18F4N4O2S/c1-19(7-12(9-29-17(22)23)30-18(24)27-19)15-5-10(2-3-25-15)4-14(28)16-13(21)6-11(20)8-26-16/h2-3,5-6,8,12,17H,4,7,9H2,1H3,(H2,24,27)/t12-,19-/m0/s1. The number of halogens is 4. The van der Waals surface area contributed by atoms with Crippen LogP contribution in [0.2, 0.25) is 0 Å². The van der Waals surface area contributed by atoms with Gasteiger partial charge in [-0.25, -0.2) is 18.8 Å². The van der Waals surface area contributed by atoms with Gasteiger partial charge in [-0.3, -0.25) is 9.78 Å². The van der Waals surface area contributed by atoms with Gasteiger partial charge in [0.1, 0.15) is 17.1 Å². The Balaban J connectivity index is 1.80. The maximum Gasteiger partial charge on any atom is 0.345 e. The van der Waals surface area contributed by atoms with Crippen molar-refractivity contribution in [2.24, 2.45) is 10.7 Å². The summed E-state index contributed by atoms with van der Waals surface area (Å²) in [5.41, 5.74) is 5.50. The van der Waals surface area contributed by atoms with E-state index < -0.39 is 35.3 Å². The number of alkyl halides is 2. The van der Waals surface area contributed by atoms with Crippen LogP contribution < -0.4 is 5.73 Å². The van der Waals surface area contributed by atoms with E-state index in [4.69, 9.17) is 5.73 Å². The van der Waals surface area contributed by atoms with Crippen molar-refractivity contribution in [1.29, 1.82) is 0 Å². The second-order valence-electron chi connectivity index (χ2n) is 6.90. The third-order valence-electron chi connectivity index (χ3n) is 4.49. The van der Waals surface area contributed by atoms with Gasteiger partial charge in [0.15, 0.2) is 16.8 Å². The van der Waals surface area contributed by atoms with Gasteiger partial charge in [0.25, 0.3) is 0 Å². The topological polar surface area (TPSA) is 90.5 Å². The molecule has 2 atom stereocenters. The second kappa shape index (κ2) is 9.09. The van der Waals surface area contributed by atoms with E-state index in [1.807, 2.05) is 0 Å². The van der Waals surface area contributed by atoms with Crippen molar-refractivity contribution in [3.8, 4) is 0 Å². The summed E-state index contributed by atoms with van der Waals surface area (Å²) in [4.78, 5) is 24.6. The third kappa shape index (κ3) is 5.33. The summed E-state index contributed by atoms with van der Waals surface area (Å²) < 4.78 is 56.0. The second-order valence-corrected chi connectivity index (χ2v) is 8.22. The summed E-state index contributed by atoms with van der Waals surface area (Å²) in [5.74, 6) is -2.54. The SMILES string of the molecule is C[C@@]1(c2cc(CC(=O)c3ncc(F)cc3F)ccn2)C[C@@H](COC(F)F)SC(N)=N1. The van der Waals surface area contributed by atoms with Crippen molar-refractivity contribution < 1.29 is 27.1 Å². The molecule has 3 heterocycles. The van der Waals surface area contributed by atoms with Gasteiger partial charge in [-0.2, -0.15) is 8.78 Å². The summed E-state index contributed by atoms with van der Waals surface area (Å²) in [5, 5.41) is -0.140. The molecule has 1 aliphatic heterocycles. The number of amidine groups is 1. The van der Waals surface area contributed by atoms with E-state index >= 15 is 0 Å². The molecule has 2 aromatic heterocycles. The molecule has 1 aliphatic rings. The molecule has 0 unspecified atom stereocenters. The molecule has 0 fully saturated rings. The molecule has 6 nitrogen and oxygen atoms in total. The number of thioether (sulfide) groups is 1. The highest BCUT2D eigenvalue weighted by atomic mass is 32.2. The van der Waals surface area contributed by atoms with Gasteiger partial charge < -0.3 is 10.5 Å². The average molecular weight is 442 g/mol. The molecule has 0 saturated heterocycles. The third-order valence-corrected chi connectivity index (χ3v) is 5.46. The highest BCUT2D eigenvalue weighted by Gasteiger charge is 2.36. The lowest BCUT2D eigenvalue weighted by Gasteiger charge is -2.33. The zero-order valence-corrected chi connectivity index (χ0v) is 16.6. The van der Waals surface area contributed by atoms with Gasteiger partial charge in [-0.1, -0.05) is 11.8 Å². The molecule has 30 heavy (non-hydrogen) atoms. The first-order valence-electron chi connectivity index (χ1n) is 8.87. The van der Waals surface area contributed by atoms with E-state index in [2.05, 4.69) is 19.7 Å². The van der Waals surface area contributed by atoms with Crippen LogP contribution in [0, 0.1) is 11.6 Å². The number of carbonyl (C=O) groups is 1. The van der Waals surface area contributed by atoms with Crippen molar-refractivity contribution >= 4 is 22.7 Å². The number of aromatic nitrogens is 2. The van der Waals surface area contributed by atoms with Crippen molar-refractivity contribution in [2.45, 2.75) is 37.2 Å². The normalized spacial score (nSPS) is 21.5. The largest absolute Gasteiger partial charge is 0.379 e. The molecule has 0 aromatic carbocycles. The van der Waals surface area contributed by atoms with Crippen LogP contribution in [-0.2, 0) is 16.7 Å². The first-order chi connectivity index (χ1) is 14.2. The Morgan fingerprint density at radius 2 is 2.13 bits per heavy atom. The molecular weight excluding hydrogens is 424 g/mol. The van der Waals surface area contributed by atoms with E-state index in [1.54, 1.807) is 19.1 Å². The van der Waals surface area contributed by atoms with Crippen LogP contribution in [0.25, 0.3) is 0 Å². The molecule has 0 radical (unpaired) electrons. The lowest BCUT2D eigenvalue weighted by molar-refractivity contribution is -0.128. The van der Waals surface area contributed by atoms with Crippen LogP contribution >= 0.6 is 11.8 Å². The molecule has 11 heteroatoms.